The lowest BCUT2D eigenvalue weighted by Gasteiger charge is -2.09. The Morgan fingerprint density at radius 3 is 2.58 bits per heavy atom. The first-order valence-corrected chi connectivity index (χ1v) is 6.55. The molecule has 2 aromatic rings. The number of anilines is 2. The maximum Gasteiger partial charge on any atom is 0.222 e. The van der Waals surface area contributed by atoms with Crippen LogP contribution in [0.3, 0.4) is 0 Å². The summed E-state index contributed by atoms with van der Waals surface area (Å²) in [7, 11) is 0. The zero-order valence-corrected chi connectivity index (χ0v) is 11.8. The van der Waals surface area contributed by atoms with Gasteiger partial charge in [-0.05, 0) is 17.0 Å². The predicted molar refractivity (Wildman–Crippen MR) is 79.3 cm³/mol. The summed E-state index contributed by atoms with van der Waals surface area (Å²) < 4.78 is 0. The van der Waals surface area contributed by atoms with Crippen LogP contribution >= 0.6 is 11.6 Å². The Labute approximate surface area is 118 Å². The fourth-order valence-electron chi connectivity index (χ4n) is 1.71. The van der Waals surface area contributed by atoms with E-state index in [0.717, 1.165) is 5.56 Å². The van der Waals surface area contributed by atoms with Crippen LogP contribution in [0.1, 0.15) is 30.9 Å². The standard InChI is InChI=1S/C14H17ClN4/c1-9(2)11-5-3-10(4-6-11)7-17-13-12(15)8-18-14(16)19-13/h3-6,8-9H,7H2,1-2H3,(H3,16,17,18,19). The minimum absolute atomic E-state index is 0.210. The van der Waals surface area contributed by atoms with Crippen molar-refractivity contribution in [2.24, 2.45) is 0 Å². The van der Waals surface area contributed by atoms with Gasteiger partial charge in [0.25, 0.3) is 0 Å². The largest absolute Gasteiger partial charge is 0.368 e. The number of nitrogen functional groups attached to an aromatic ring is 1. The zero-order valence-electron chi connectivity index (χ0n) is 11.0. The number of rotatable bonds is 4. The molecule has 0 fully saturated rings. The van der Waals surface area contributed by atoms with Crippen LogP contribution in [0, 0.1) is 0 Å². The minimum Gasteiger partial charge on any atom is -0.368 e. The van der Waals surface area contributed by atoms with Crippen LogP contribution in [0.5, 0.6) is 0 Å². The van der Waals surface area contributed by atoms with Gasteiger partial charge in [-0.15, -0.1) is 0 Å². The third-order valence-corrected chi connectivity index (χ3v) is 3.15. The fraction of sp³-hybridized carbons (Fsp3) is 0.286. The van der Waals surface area contributed by atoms with Gasteiger partial charge in [-0.2, -0.15) is 4.98 Å². The topological polar surface area (TPSA) is 63.8 Å². The second kappa shape index (κ2) is 5.89. The number of halogens is 1. The van der Waals surface area contributed by atoms with Gasteiger partial charge in [-0.3, -0.25) is 0 Å². The van der Waals surface area contributed by atoms with E-state index in [0.29, 0.717) is 23.3 Å². The monoisotopic (exact) mass is 276 g/mol. The van der Waals surface area contributed by atoms with Gasteiger partial charge in [-0.25, -0.2) is 4.98 Å². The highest BCUT2D eigenvalue weighted by molar-refractivity contribution is 6.32. The molecule has 3 N–H and O–H groups in total. The van der Waals surface area contributed by atoms with Crippen LogP contribution < -0.4 is 11.1 Å². The third-order valence-electron chi connectivity index (χ3n) is 2.87. The van der Waals surface area contributed by atoms with E-state index < -0.39 is 0 Å². The van der Waals surface area contributed by atoms with Gasteiger partial charge in [0.1, 0.15) is 5.02 Å². The first-order valence-electron chi connectivity index (χ1n) is 6.17. The molecule has 1 heterocycles. The summed E-state index contributed by atoms with van der Waals surface area (Å²) in [5.74, 6) is 1.31. The van der Waals surface area contributed by atoms with Gasteiger partial charge in [-0.1, -0.05) is 49.7 Å². The molecule has 4 nitrogen and oxygen atoms in total. The normalized spacial score (nSPS) is 10.7. The molecule has 0 atom stereocenters. The van der Waals surface area contributed by atoms with Crippen LogP contribution in [0.15, 0.2) is 30.5 Å². The molecule has 0 unspecified atom stereocenters. The van der Waals surface area contributed by atoms with E-state index in [4.69, 9.17) is 17.3 Å². The molecular weight excluding hydrogens is 260 g/mol. The molecule has 0 spiro atoms. The number of nitrogens with two attached hydrogens (primary N) is 1. The molecule has 0 aliphatic heterocycles. The smallest absolute Gasteiger partial charge is 0.222 e. The summed E-state index contributed by atoms with van der Waals surface area (Å²) in [6.45, 7) is 5.00. The average Bonchev–Trinajstić information content (AvgIpc) is 2.40. The number of nitrogens with zero attached hydrogens (tertiary/aromatic N) is 2. The maximum absolute atomic E-state index is 5.99. The number of hydrogen-bond donors (Lipinski definition) is 2. The Hall–Kier alpha value is -1.81. The molecule has 0 radical (unpaired) electrons. The Morgan fingerprint density at radius 1 is 1.26 bits per heavy atom. The van der Waals surface area contributed by atoms with Crippen molar-refractivity contribution in [2.45, 2.75) is 26.3 Å². The second-order valence-electron chi connectivity index (χ2n) is 4.67. The van der Waals surface area contributed by atoms with Gasteiger partial charge in [0, 0.05) is 6.54 Å². The second-order valence-corrected chi connectivity index (χ2v) is 5.08. The van der Waals surface area contributed by atoms with Crippen molar-refractivity contribution >= 4 is 23.4 Å². The summed E-state index contributed by atoms with van der Waals surface area (Å²) in [4.78, 5) is 7.88. The van der Waals surface area contributed by atoms with Crippen LogP contribution in [0.25, 0.3) is 0 Å². The molecular formula is C14H17ClN4. The van der Waals surface area contributed by atoms with Crippen LogP contribution in [-0.2, 0) is 6.54 Å². The third kappa shape index (κ3) is 3.58. The van der Waals surface area contributed by atoms with E-state index in [1.165, 1.54) is 11.8 Å². The van der Waals surface area contributed by atoms with E-state index in [2.05, 4.69) is 53.4 Å². The highest BCUT2D eigenvalue weighted by Crippen LogP contribution is 2.20. The van der Waals surface area contributed by atoms with Gasteiger partial charge in [0.2, 0.25) is 5.95 Å². The fourth-order valence-corrected chi connectivity index (χ4v) is 1.87. The summed E-state index contributed by atoms with van der Waals surface area (Å²) in [5.41, 5.74) is 8.02. The number of hydrogen-bond acceptors (Lipinski definition) is 4. The molecule has 0 saturated heterocycles. The van der Waals surface area contributed by atoms with Crippen molar-refractivity contribution in [3.63, 3.8) is 0 Å². The van der Waals surface area contributed by atoms with Gasteiger partial charge >= 0.3 is 0 Å². The van der Waals surface area contributed by atoms with Crippen LogP contribution in [-0.4, -0.2) is 9.97 Å². The molecule has 2 rings (SSSR count). The van der Waals surface area contributed by atoms with Gasteiger partial charge in [0.15, 0.2) is 5.82 Å². The van der Waals surface area contributed by atoms with E-state index in [9.17, 15) is 0 Å². The lowest BCUT2D eigenvalue weighted by molar-refractivity contribution is 0.865. The summed E-state index contributed by atoms with van der Waals surface area (Å²) in [6, 6.07) is 8.47. The number of benzene rings is 1. The summed E-state index contributed by atoms with van der Waals surface area (Å²) >= 11 is 5.99. The molecule has 0 aliphatic carbocycles. The van der Waals surface area contributed by atoms with Crippen LogP contribution in [0.2, 0.25) is 5.02 Å². The molecule has 0 saturated carbocycles. The molecule has 5 heteroatoms. The van der Waals surface area contributed by atoms with Crippen LogP contribution in [0.4, 0.5) is 11.8 Å². The highest BCUT2D eigenvalue weighted by atomic mass is 35.5. The van der Waals surface area contributed by atoms with Crippen molar-refractivity contribution in [3.05, 3.63) is 46.6 Å². The van der Waals surface area contributed by atoms with E-state index in [1.807, 2.05) is 0 Å². The van der Waals surface area contributed by atoms with Crippen molar-refractivity contribution in [1.82, 2.24) is 9.97 Å². The zero-order chi connectivity index (χ0) is 13.8. The number of nitrogens with one attached hydrogen (secondary N) is 1. The van der Waals surface area contributed by atoms with Gasteiger partial charge in [0.05, 0.1) is 6.20 Å². The molecule has 0 aliphatic rings. The molecule has 0 amide bonds. The average molecular weight is 277 g/mol. The quantitative estimate of drug-likeness (QED) is 0.898. The molecule has 1 aromatic carbocycles. The highest BCUT2D eigenvalue weighted by Gasteiger charge is 2.04. The summed E-state index contributed by atoms with van der Waals surface area (Å²) in [6.07, 6.45) is 1.49. The van der Waals surface area contributed by atoms with Crippen molar-refractivity contribution in [2.75, 3.05) is 11.1 Å². The van der Waals surface area contributed by atoms with E-state index in [1.54, 1.807) is 0 Å². The Bertz CT molecular complexity index is 552. The molecule has 1 aromatic heterocycles. The predicted octanol–water partition coefficient (Wildman–Crippen LogP) is 3.45. The van der Waals surface area contributed by atoms with E-state index in [-0.39, 0.29) is 5.95 Å². The molecule has 100 valence electrons. The number of aromatic nitrogens is 2. The van der Waals surface area contributed by atoms with Crippen molar-refractivity contribution in [1.29, 1.82) is 0 Å². The van der Waals surface area contributed by atoms with Gasteiger partial charge < -0.3 is 11.1 Å². The summed E-state index contributed by atoms with van der Waals surface area (Å²) in [5, 5.41) is 3.62. The lowest BCUT2D eigenvalue weighted by atomic mass is 10.0. The molecule has 19 heavy (non-hydrogen) atoms. The van der Waals surface area contributed by atoms with Crippen molar-refractivity contribution in [3.8, 4) is 0 Å². The minimum atomic E-state index is 0.210. The first-order chi connectivity index (χ1) is 9.06. The SMILES string of the molecule is CC(C)c1ccc(CNc2nc(N)ncc2Cl)cc1. The Kier molecular flexibility index (Phi) is 4.22. The lowest BCUT2D eigenvalue weighted by Crippen LogP contribution is -2.05. The van der Waals surface area contributed by atoms with Crippen molar-refractivity contribution < 1.29 is 0 Å². The Balaban J connectivity index is 2.04. The first kappa shape index (κ1) is 13.6. The molecule has 0 bridgehead atoms. The van der Waals surface area contributed by atoms with E-state index >= 15 is 0 Å². The Morgan fingerprint density at radius 2 is 1.95 bits per heavy atom. The maximum atomic E-state index is 5.99.